The average molecular weight is 262 g/mol. The minimum atomic E-state index is -0.0567. The maximum atomic E-state index is 12.2. The van der Waals surface area contributed by atoms with Crippen LogP contribution >= 0.6 is 0 Å². The van der Waals surface area contributed by atoms with Gasteiger partial charge in [0.2, 0.25) is 6.79 Å². The quantitative estimate of drug-likeness (QED) is 0.845. The first-order valence-corrected chi connectivity index (χ1v) is 6.68. The molecule has 3 rings (SSSR count). The molecule has 1 heterocycles. The standard InChI is InChI=1S/C14H18N2O3/c15-10-2-4-11(5-3-10)16-14(17)9-1-6-12-13(7-9)19-8-18-12/h1,6-7,10-11H,2-5,8,15H2,(H,16,17)/t10-,11-. The van der Waals surface area contributed by atoms with E-state index in [1.165, 1.54) is 0 Å². The summed E-state index contributed by atoms with van der Waals surface area (Å²) >= 11 is 0. The molecule has 0 aromatic heterocycles. The van der Waals surface area contributed by atoms with Crippen molar-refractivity contribution < 1.29 is 14.3 Å². The monoisotopic (exact) mass is 262 g/mol. The molecule has 1 fully saturated rings. The molecule has 102 valence electrons. The second-order valence-corrected chi connectivity index (χ2v) is 5.15. The second kappa shape index (κ2) is 5.09. The Bertz CT molecular complexity index is 482. The van der Waals surface area contributed by atoms with Gasteiger partial charge >= 0.3 is 0 Å². The van der Waals surface area contributed by atoms with Crippen LogP contribution in [-0.2, 0) is 0 Å². The average Bonchev–Trinajstić information content (AvgIpc) is 2.88. The summed E-state index contributed by atoms with van der Waals surface area (Å²) in [6.45, 7) is 0.223. The van der Waals surface area contributed by atoms with Gasteiger partial charge in [0.05, 0.1) is 0 Å². The minimum absolute atomic E-state index is 0.0567. The van der Waals surface area contributed by atoms with E-state index in [1.807, 2.05) is 0 Å². The lowest BCUT2D eigenvalue weighted by atomic mass is 9.91. The lowest BCUT2D eigenvalue weighted by molar-refractivity contribution is 0.0925. The Kier molecular flexibility index (Phi) is 3.29. The summed E-state index contributed by atoms with van der Waals surface area (Å²) in [6, 6.07) is 5.79. The Morgan fingerprint density at radius 1 is 1.16 bits per heavy atom. The van der Waals surface area contributed by atoms with Gasteiger partial charge in [-0.15, -0.1) is 0 Å². The Morgan fingerprint density at radius 3 is 2.68 bits per heavy atom. The van der Waals surface area contributed by atoms with Crippen molar-refractivity contribution in [1.29, 1.82) is 0 Å². The van der Waals surface area contributed by atoms with Crippen LogP contribution in [0.15, 0.2) is 18.2 Å². The van der Waals surface area contributed by atoms with Gasteiger partial charge in [0.1, 0.15) is 0 Å². The van der Waals surface area contributed by atoms with Gasteiger partial charge in [0.15, 0.2) is 11.5 Å². The molecule has 0 bridgehead atoms. The van der Waals surface area contributed by atoms with E-state index < -0.39 is 0 Å². The summed E-state index contributed by atoms with van der Waals surface area (Å²) in [6.07, 6.45) is 3.87. The van der Waals surface area contributed by atoms with Crippen LogP contribution in [0.3, 0.4) is 0 Å². The molecule has 0 radical (unpaired) electrons. The first-order valence-electron chi connectivity index (χ1n) is 6.68. The highest BCUT2D eigenvalue weighted by atomic mass is 16.7. The highest BCUT2D eigenvalue weighted by Gasteiger charge is 2.22. The molecule has 1 saturated carbocycles. The Hall–Kier alpha value is -1.75. The van der Waals surface area contributed by atoms with Crippen molar-refractivity contribution in [2.24, 2.45) is 5.73 Å². The molecule has 0 spiro atoms. The normalized spacial score (nSPS) is 25.1. The van der Waals surface area contributed by atoms with E-state index in [0.29, 0.717) is 23.1 Å². The Morgan fingerprint density at radius 2 is 1.89 bits per heavy atom. The smallest absolute Gasteiger partial charge is 0.251 e. The molecule has 1 aliphatic heterocycles. The Balaban J connectivity index is 1.64. The number of amides is 1. The predicted octanol–water partition coefficient (Wildman–Crippen LogP) is 1.41. The van der Waals surface area contributed by atoms with Crippen molar-refractivity contribution >= 4 is 5.91 Å². The highest BCUT2D eigenvalue weighted by molar-refractivity contribution is 5.95. The molecule has 0 unspecified atom stereocenters. The van der Waals surface area contributed by atoms with Crippen molar-refractivity contribution in [1.82, 2.24) is 5.32 Å². The van der Waals surface area contributed by atoms with Crippen molar-refractivity contribution in [3.63, 3.8) is 0 Å². The van der Waals surface area contributed by atoms with Gasteiger partial charge < -0.3 is 20.5 Å². The summed E-state index contributed by atoms with van der Waals surface area (Å²) < 4.78 is 10.5. The lowest BCUT2D eigenvalue weighted by Gasteiger charge is -2.26. The zero-order valence-corrected chi connectivity index (χ0v) is 10.7. The van der Waals surface area contributed by atoms with Crippen molar-refractivity contribution in [3.05, 3.63) is 23.8 Å². The van der Waals surface area contributed by atoms with Gasteiger partial charge in [-0.3, -0.25) is 4.79 Å². The number of benzene rings is 1. The predicted molar refractivity (Wildman–Crippen MR) is 70.3 cm³/mol. The fourth-order valence-electron chi connectivity index (χ4n) is 2.57. The molecule has 1 amide bonds. The van der Waals surface area contributed by atoms with Crippen molar-refractivity contribution in [2.45, 2.75) is 37.8 Å². The van der Waals surface area contributed by atoms with E-state index >= 15 is 0 Å². The summed E-state index contributed by atoms with van der Waals surface area (Å²) in [5.74, 6) is 1.28. The second-order valence-electron chi connectivity index (χ2n) is 5.15. The van der Waals surface area contributed by atoms with Crippen LogP contribution < -0.4 is 20.5 Å². The molecule has 2 aliphatic rings. The summed E-state index contributed by atoms with van der Waals surface area (Å²) in [5, 5.41) is 3.06. The van der Waals surface area contributed by atoms with E-state index in [-0.39, 0.29) is 18.7 Å². The third kappa shape index (κ3) is 2.66. The molecule has 0 atom stereocenters. The van der Waals surface area contributed by atoms with Gasteiger partial charge in [0, 0.05) is 17.6 Å². The van der Waals surface area contributed by atoms with Crippen LogP contribution in [0.4, 0.5) is 0 Å². The van der Waals surface area contributed by atoms with E-state index in [0.717, 1.165) is 25.7 Å². The fraction of sp³-hybridized carbons (Fsp3) is 0.500. The zero-order chi connectivity index (χ0) is 13.2. The van der Waals surface area contributed by atoms with Crippen molar-refractivity contribution in [2.75, 3.05) is 6.79 Å². The van der Waals surface area contributed by atoms with E-state index in [9.17, 15) is 4.79 Å². The van der Waals surface area contributed by atoms with Gasteiger partial charge in [0.25, 0.3) is 5.91 Å². The van der Waals surface area contributed by atoms with E-state index in [1.54, 1.807) is 18.2 Å². The van der Waals surface area contributed by atoms with Crippen LogP contribution in [0.5, 0.6) is 11.5 Å². The summed E-state index contributed by atoms with van der Waals surface area (Å²) in [4.78, 5) is 12.2. The first-order chi connectivity index (χ1) is 9.22. The number of hydrogen-bond acceptors (Lipinski definition) is 4. The van der Waals surface area contributed by atoms with E-state index in [4.69, 9.17) is 15.2 Å². The molecular formula is C14H18N2O3. The van der Waals surface area contributed by atoms with Gasteiger partial charge in [-0.1, -0.05) is 0 Å². The van der Waals surface area contributed by atoms with Crippen LogP contribution in [0.1, 0.15) is 36.0 Å². The van der Waals surface area contributed by atoms with Crippen LogP contribution in [-0.4, -0.2) is 24.8 Å². The maximum absolute atomic E-state index is 12.2. The zero-order valence-electron chi connectivity index (χ0n) is 10.7. The van der Waals surface area contributed by atoms with Gasteiger partial charge in [-0.25, -0.2) is 0 Å². The number of carbonyl (C=O) groups is 1. The van der Waals surface area contributed by atoms with Crippen molar-refractivity contribution in [3.8, 4) is 11.5 Å². The van der Waals surface area contributed by atoms with Crippen LogP contribution in [0.2, 0.25) is 0 Å². The maximum Gasteiger partial charge on any atom is 0.251 e. The van der Waals surface area contributed by atoms with Gasteiger partial charge in [-0.2, -0.15) is 0 Å². The molecule has 1 aliphatic carbocycles. The molecule has 1 aromatic rings. The first kappa shape index (κ1) is 12.3. The van der Waals surface area contributed by atoms with Gasteiger partial charge in [-0.05, 0) is 43.9 Å². The van der Waals surface area contributed by atoms with E-state index in [2.05, 4.69) is 5.32 Å². The van der Waals surface area contributed by atoms with Crippen LogP contribution in [0.25, 0.3) is 0 Å². The number of nitrogens with one attached hydrogen (secondary N) is 1. The Labute approximate surface area is 112 Å². The molecule has 19 heavy (non-hydrogen) atoms. The number of carbonyl (C=O) groups excluding carboxylic acids is 1. The lowest BCUT2D eigenvalue weighted by Crippen LogP contribution is -2.40. The summed E-state index contributed by atoms with van der Waals surface area (Å²) in [7, 11) is 0. The number of nitrogens with two attached hydrogens (primary N) is 1. The largest absolute Gasteiger partial charge is 0.454 e. The third-order valence-corrected chi connectivity index (χ3v) is 3.74. The molecular weight excluding hydrogens is 244 g/mol. The third-order valence-electron chi connectivity index (χ3n) is 3.74. The number of fused-ring (bicyclic) bond motifs is 1. The molecule has 3 N–H and O–H groups in total. The minimum Gasteiger partial charge on any atom is -0.454 e. The van der Waals surface area contributed by atoms with Crippen LogP contribution in [0, 0.1) is 0 Å². The number of rotatable bonds is 2. The molecule has 0 saturated heterocycles. The molecule has 5 nitrogen and oxygen atoms in total. The summed E-state index contributed by atoms with van der Waals surface area (Å²) in [5.41, 5.74) is 6.47. The number of ether oxygens (including phenoxy) is 2. The number of hydrogen-bond donors (Lipinski definition) is 2. The fourth-order valence-corrected chi connectivity index (χ4v) is 2.57. The topological polar surface area (TPSA) is 73.6 Å². The molecule has 1 aromatic carbocycles. The molecule has 5 heteroatoms. The SMILES string of the molecule is N[C@H]1CC[C@H](NC(=O)c2ccc3c(c2)OCO3)CC1. The highest BCUT2D eigenvalue weighted by Crippen LogP contribution is 2.32.